The summed E-state index contributed by atoms with van der Waals surface area (Å²) in [5.74, 6) is 0. The van der Waals surface area contributed by atoms with Crippen molar-refractivity contribution in [1.82, 2.24) is 0 Å². The molecule has 0 saturated heterocycles. The van der Waals surface area contributed by atoms with Crippen LogP contribution in [0.4, 0.5) is 0 Å². The maximum absolute atomic E-state index is 6.94. The van der Waals surface area contributed by atoms with Crippen LogP contribution in [0, 0.1) is 14.9 Å². The molecule has 28 heavy (non-hydrogen) atoms. The molecule has 0 spiro atoms. The van der Waals surface area contributed by atoms with Crippen molar-refractivity contribution in [2.75, 3.05) is 0 Å². The van der Waals surface area contributed by atoms with E-state index in [1.54, 1.807) is 0 Å². The average molecular weight is 426 g/mol. The summed E-state index contributed by atoms with van der Waals surface area (Å²) in [5.41, 5.74) is 8.82. The summed E-state index contributed by atoms with van der Waals surface area (Å²) in [4.78, 5) is 0. The first-order valence-corrected chi connectivity index (χ1v) is 8.19. The van der Waals surface area contributed by atoms with Crippen molar-refractivity contribution < 1.29 is 21.7 Å². The Morgan fingerprint density at radius 2 is 1.04 bits per heavy atom. The van der Waals surface area contributed by atoms with Gasteiger partial charge in [-0.15, -0.1) is 45.3 Å². The summed E-state index contributed by atoms with van der Waals surface area (Å²) in [5, 5.41) is 5.39. The van der Waals surface area contributed by atoms with Crippen molar-refractivity contribution in [2.24, 2.45) is 0 Å². The van der Waals surface area contributed by atoms with E-state index < -0.39 is 0 Å². The van der Waals surface area contributed by atoms with Gasteiger partial charge in [-0.25, -0.2) is 0 Å². The van der Waals surface area contributed by atoms with E-state index in [9.17, 15) is 0 Å². The van der Waals surface area contributed by atoms with Gasteiger partial charge in [0.1, 0.15) is 0 Å². The number of nitrogens with one attached hydrogen (secondary N) is 1. The first-order valence-electron chi connectivity index (χ1n) is 8.19. The summed E-state index contributed by atoms with van der Waals surface area (Å²) >= 11 is 0. The molecule has 0 atom stereocenters. The molecule has 3 aromatic rings. The van der Waals surface area contributed by atoms with Crippen LogP contribution in [0.3, 0.4) is 0 Å². The second-order valence-corrected chi connectivity index (χ2v) is 7.13. The smallest absolute Gasteiger partial charge is 0.673 e. The molecule has 3 rings (SSSR count). The van der Waals surface area contributed by atoms with Gasteiger partial charge >= 0.3 is 21.7 Å². The number of hydrogen-bond acceptors (Lipinski definition) is 0. The first-order chi connectivity index (χ1) is 11.1. The second-order valence-electron chi connectivity index (χ2n) is 7.13. The molecule has 4 radical (unpaired) electrons. The molecule has 0 fully saturated rings. The van der Waals surface area contributed by atoms with E-state index in [1.165, 1.54) is 21.5 Å². The molecular formula is C25H35NSiTi. The molecule has 0 aliphatic carbocycles. The van der Waals surface area contributed by atoms with Crippen LogP contribution >= 0.6 is 0 Å². The van der Waals surface area contributed by atoms with Gasteiger partial charge in [0, 0.05) is 11.0 Å². The zero-order valence-electron chi connectivity index (χ0n) is 18.6. The topological polar surface area (TPSA) is 23.8 Å². The van der Waals surface area contributed by atoms with Crippen LogP contribution in [0.15, 0.2) is 78.9 Å². The SMILES string of the molecule is C=C(C)C(=C)C.CC(C)(C)[NH-].[CH3-].[CH3-].[Si].[Ti+4].c1ccc2c(c1)[cH-]c1ccccc12. The molecular weight excluding hydrogens is 390 g/mol. The summed E-state index contributed by atoms with van der Waals surface area (Å²) in [7, 11) is 0. The van der Waals surface area contributed by atoms with Crippen molar-refractivity contribution in [1.29, 1.82) is 0 Å². The van der Waals surface area contributed by atoms with Crippen LogP contribution in [-0.2, 0) is 21.7 Å². The Kier molecular flexibility index (Phi) is 19.0. The first kappa shape index (κ1) is 34.2. The number of fused-ring (bicyclic) bond motifs is 3. The Labute approximate surface area is 193 Å². The molecule has 0 amide bonds. The number of benzene rings is 2. The molecule has 0 saturated carbocycles. The minimum absolute atomic E-state index is 0. The van der Waals surface area contributed by atoms with Gasteiger partial charge in [-0.05, 0) is 13.8 Å². The Balaban J connectivity index is -0.000000168. The molecule has 0 heterocycles. The fourth-order valence-electron chi connectivity index (χ4n) is 1.90. The number of hydrogen-bond donors (Lipinski definition) is 0. The van der Waals surface area contributed by atoms with Crippen molar-refractivity contribution in [3.8, 4) is 0 Å². The third kappa shape index (κ3) is 13.0. The fraction of sp³-hybridized carbons (Fsp3) is 0.240. The number of rotatable bonds is 1. The van der Waals surface area contributed by atoms with E-state index in [4.69, 9.17) is 5.73 Å². The molecule has 1 nitrogen and oxygen atoms in total. The van der Waals surface area contributed by atoms with E-state index in [0.717, 1.165) is 11.1 Å². The molecule has 148 valence electrons. The Morgan fingerprint density at radius 1 is 0.786 bits per heavy atom. The molecule has 0 aliphatic rings. The largest absolute Gasteiger partial charge is 4.00 e. The molecule has 3 aromatic carbocycles. The summed E-state index contributed by atoms with van der Waals surface area (Å²) < 4.78 is 0. The monoisotopic (exact) mass is 425 g/mol. The normalized spacial score (nSPS) is 8.93. The zero-order valence-corrected chi connectivity index (χ0v) is 21.2. The van der Waals surface area contributed by atoms with Crippen LogP contribution in [0.5, 0.6) is 0 Å². The second kappa shape index (κ2) is 15.6. The van der Waals surface area contributed by atoms with E-state index in [2.05, 4.69) is 67.8 Å². The average Bonchev–Trinajstić information content (AvgIpc) is 2.84. The van der Waals surface area contributed by atoms with Crippen LogP contribution in [-0.4, -0.2) is 16.5 Å². The van der Waals surface area contributed by atoms with Gasteiger partial charge in [-0.1, -0.05) is 81.5 Å². The molecule has 0 aliphatic heterocycles. The van der Waals surface area contributed by atoms with E-state index in [1.807, 2.05) is 34.6 Å². The summed E-state index contributed by atoms with van der Waals surface area (Å²) in [6.45, 7) is 16.8. The third-order valence-corrected chi connectivity index (χ3v) is 3.25. The van der Waals surface area contributed by atoms with Crippen molar-refractivity contribution in [2.45, 2.75) is 40.2 Å². The number of allylic oxidation sites excluding steroid dienone is 2. The quantitative estimate of drug-likeness (QED) is 0.213. The van der Waals surface area contributed by atoms with Gasteiger partial charge in [0.2, 0.25) is 0 Å². The maximum atomic E-state index is 6.94. The minimum Gasteiger partial charge on any atom is -0.673 e. The Hall–Kier alpha value is -1.32. The third-order valence-electron chi connectivity index (χ3n) is 3.25. The maximum Gasteiger partial charge on any atom is 4.00 e. The summed E-state index contributed by atoms with van der Waals surface area (Å²) in [6, 6.07) is 19.3. The van der Waals surface area contributed by atoms with Gasteiger partial charge in [-0.3, -0.25) is 0 Å². The Bertz CT molecular complexity index is 757. The van der Waals surface area contributed by atoms with Gasteiger partial charge in [0.05, 0.1) is 0 Å². The minimum atomic E-state index is -0.250. The summed E-state index contributed by atoms with van der Waals surface area (Å²) in [6.07, 6.45) is 0. The van der Waals surface area contributed by atoms with Crippen molar-refractivity contribution in [3.05, 3.63) is 99.5 Å². The molecule has 0 aromatic heterocycles. The van der Waals surface area contributed by atoms with Crippen LogP contribution in [0.25, 0.3) is 27.3 Å². The van der Waals surface area contributed by atoms with E-state index in [-0.39, 0.29) is 53.1 Å². The van der Waals surface area contributed by atoms with Crippen molar-refractivity contribution in [3.63, 3.8) is 0 Å². The molecule has 1 N–H and O–H groups in total. The Morgan fingerprint density at radius 3 is 1.29 bits per heavy atom. The van der Waals surface area contributed by atoms with Crippen LogP contribution in [0.1, 0.15) is 34.6 Å². The van der Waals surface area contributed by atoms with Crippen LogP contribution < -0.4 is 0 Å². The molecule has 0 bridgehead atoms. The molecule has 3 heteroatoms. The van der Waals surface area contributed by atoms with Crippen LogP contribution in [0.2, 0.25) is 0 Å². The van der Waals surface area contributed by atoms with Gasteiger partial charge in [0.25, 0.3) is 0 Å². The van der Waals surface area contributed by atoms with E-state index >= 15 is 0 Å². The standard InChI is InChI=1S/C13H9.C6H10.C4H10N.2CH3.Si.Ti/c1-3-7-12-10(5-1)9-11-6-2-4-8-13(11)12;1-5(2)6(3)4;1-4(2,3)5;;;;/h1-9H;1,3H2,2,4H3;5H,1-3H3;2*1H3;;/q-1;;3*-1;;+4. The van der Waals surface area contributed by atoms with Crippen molar-refractivity contribution >= 4 is 32.5 Å². The van der Waals surface area contributed by atoms with Gasteiger partial charge < -0.3 is 20.6 Å². The zero-order chi connectivity index (χ0) is 18.3. The predicted octanol–water partition coefficient (Wildman–Crippen LogP) is 8.20. The van der Waals surface area contributed by atoms with Gasteiger partial charge in [0.15, 0.2) is 0 Å². The fourth-order valence-corrected chi connectivity index (χ4v) is 1.90. The van der Waals surface area contributed by atoms with Gasteiger partial charge in [-0.2, -0.15) is 0 Å². The van der Waals surface area contributed by atoms with E-state index in [0.29, 0.717) is 0 Å². The predicted molar refractivity (Wildman–Crippen MR) is 129 cm³/mol. The molecule has 0 unspecified atom stereocenters.